The van der Waals surface area contributed by atoms with E-state index in [0.717, 1.165) is 6.54 Å². The van der Waals surface area contributed by atoms with E-state index in [1.54, 1.807) is 0 Å². The molecule has 0 aromatic carbocycles. The van der Waals surface area contributed by atoms with Gasteiger partial charge in [-0.15, -0.1) is 0 Å². The molecule has 0 spiro atoms. The zero-order valence-corrected chi connectivity index (χ0v) is 14.2. The first-order valence-corrected chi connectivity index (χ1v) is 8.00. The highest BCUT2D eigenvalue weighted by molar-refractivity contribution is 5.04. The number of aliphatic hydroxyl groups is 1. The third-order valence-corrected chi connectivity index (χ3v) is 5.15. The lowest BCUT2D eigenvalue weighted by molar-refractivity contribution is -0.0890. The van der Waals surface area contributed by atoms with E-state index in [-0.39, 0.29) is 23.2 Å². The van der Waals surface area contributed by atoms with Crippen LogP contribution < -0.4 is 5.73 Å². The zero-order chi connectivity index (χ0) is 15.9. The second-order valence-corrected chi connectivity index (χ2v) is 7.97. The summed E-state index contributed by atoms with van der Waals surface area (Å²) < 4.78 is 11.5. The molecule has 21 heavy (non-hydrogen) atoms. The molecule has 0 amide bonds. The maximum Gasteiger partial charge on any atom is 0.0817 e. The first kappa shape index (κ1) is 17.2. The van der Waals surface area contributed by atoms with E-state index in [4.69, 9.17) is 15.2 Å². The van der Waals surface area contributed by atoms with Crippen LogP contribution in [0.2, 0.25) is 0 Å². The zero-order valence-electron chi connectivity index (χ0n) is 14.2. The molecule has 0 aliphatic carbocycles. The van der Waals surface area contributed by atoms with Gasteiger partial charge in [-0.25, -0.2) is 0 Å². The first-order valence-electron chi connectivity index (χ1n) is 8.00. The number of hydrogen-bond donors (Lipinski definition) is 2. The topological polar surface area (TPSA) is 68.0 Å². The Hall–Kier alpha value is -0.200. The van der Waals surface area contributed by atoms with Crippen LogP contribution in [0.1, 0.15) is 40.5 Å². The molecule has 0 aromatic rings. The molecule has 2 fully saturated rings. The summed E-state index contributed by atoms with van der Waals surface area (Å²) in [7, 11) is 2.06. The van der Waals surface area contributed by atoms with E-state index >= 15 is 0 Å². The Morgan fingerprint density at radius 1 is 1.14 bits per heavy atom. The highest BCUT2D eigenvalue weighted by Crippen LogP contribution is 2.41. The fourth-order valence-electron chi connectivity index (χ4n) is 3.88. The van der Waals surface area contributed by atoms with Crippen molar-refractivity contribution in [2.75, 3.05) is 33.4 Å². The minimum Gasteiger partial charge on any atom is -0.388 e. The molecule has 2 saturated heterocycles. The first-order chi connectivity index (χ1) is 9.56. The molecule has 0 radical (unpaired) electrons. The van der Waals surface area contributed by atoms with Crippen molar-refractivity contribution < 1.29 is 14.6 Å². The van der Waals surface area contributed by atoms with Crippen molar-refractivity contribution in [1.29, 1.82) is 0 Å². The van der Waals surface area contributed by atoms with Crippen molar-refractivity contribution >= 4 is 0 Å². The van der Waals surface area contributed by atoms with Crippen LogP contribution in [0.5, 0.6) is 0 Å². The third-order valence-electron chi connectivity index (χ3n) is 5.15. The fraction of sp³-hybridized carbons (Fsp3) is 1.00. The Bertz CT molecular complexity index is 365. The highest BCUT2D eigenvalue weighted by atomic mass is 16.5. The van der Waals surface area contributed by atoms with Gasteiger partial charge in [-0.1, -0.05) is 0 Å². The Morgan fingerprint density at radius 3 is 2.19 bits per heavy atom. The summed E-state index contributed by atoms with van der Waals surface area (Å²) >= 11 is 0. The van der Waals surface area contributed by atoms with Gasteiger partial charge in [0, 0.05) is 51.1 Å². The largest absolute Gasteiger partial charge is 0.388 e. The molecule has 0 aromatic heterocycles. The molecule has 2 unspecified atom stereocenters. The average molecular weight is 300 g/mol. The predicted molar refractivity (Wildman–Crippen MR) is 83.2 cm³/mol. The van der Waals surface area contributed by atoms with Gasteiger partial charge in [-0.3, -0.25) is 0 Å². The van der Waals surface area contributed by atoms with Gasteiger partial charge in [0.05, 0.1) is 16.8 Å². The van der Waals surface area contributed by atoms with Crippen molar-refractivity contribution in [1.82, 2.24) is 4.90 Å². The van der Waals surface area contributed by atoms with Crippen molar-refractivity contribution in [2.24, 2.45) is 11.7 Å². The van der Waals surface area contributed by atoms with Crippen LogP contribution in [-0.2, 0) is 9.47 Å². The third kappa shape index (κ3) is 3.77. The molecule has 2 aliphatic rings. The Balaban J connectivity index is 1.97. The smallest absolute Gasteiger partial charge is 0.0817 e. The summed E-state index contributed by atoms with van der Waals surface area (Å²) in [4.78, 5) is 2.20. The van der Waals surface area contributed by atoms with Gasteiger partial charge in [0.25, 0.3) is 0 Å². The van der Waals surface area contributed by atoms with Gasteiger partial charge in [-0.05, 0) is 34.7 Å². The van der Waals surface area contributed by atoms with Crippen molar-refractivity contribution in [2.45, 2.75) is 63.4 Å². The van der Waals surface area contributed by atoms with E-state index in [1.807, 2.05) is 0 Å². The second-order valence-electron chi connectivity index (χ2n) is 7.97. The Labute approximate surface area is 128 Å². The van der Waals surface area contributed by atoms with E-state index in [0.29, 0.717) is 32.6 Å². The van der Waals surface area contributed by atoms with E-state index in [1.165, 1.54) is 0 Å². The molecule has 0 bridgehead atoms. The minimum atomic E-state index is -0.629. The summed E-state index contributed by atoms with van der Waals surface area (Å²) in [5, 5.41) is 10.6. The van der Waals surface area contributed by atoms with Crippen LogP contribution in [0.4, 0.5) is 0 Å². The molecule has 2 rings (SSSR count). The van der Waals surface area contributed by atoms with Crippen LogP contribution in [0, 0.1) is 5.92 Å². The predicted octanol–water partition coefficient (Wildman–Crippen LogP) is 0.991. The summed E-state index contributed by atoms with van der Waals surface area (Å²) in [5.74, 6) is 0.251. The number of likely N-dealkylation sites (N-methyl/N-ethyl adjacent to an activating group) is 1. The van der Waals surface area contributed by atoms with Crippen LogP contribution in [0.25, 0.3) is 0 Å². The summed E-state index contributed by atoms with van der Waals surface area (Å²) in [6.45, 7) is 11.1. The van der Waals surface area contributed by atoms with Crippen molar-refractivity contribution in [3.8, 4) is 0 Å². The quantitative estimate of drug-likeness (QED) is 0.810. The lowest BCUT2D eigenvalue weighted by Gasteiger charge is -2.38. The van der Waals surface area contributed by atoms with Gasteiger partial charge in [-0.2, -0.15) is 0 Å². The van der Waals surface area contributed by atoms with Gasteiger partial charge < -0.3 is 25.2 Å². The number of rotatable bonds is 4. The molecule has 2 aliphatic heterocycles. The summed E-state index contributed by atoms with van der Waals surface area (Å²) in [6, 6.07) is -0.000665. The maximum atomic E-state index is 10.6. The fourth-order valence-corrected chi connectivity index (χ4v) is 3.88. The Kier molecular flexibility index (Phi) is 4.72. The van der Waals surface area contributed by atoms with Crippen LogP contribution in [0.3, 0.4) is 0 Å². The molecule has 5 heteroatoms. The molecular weight excluding hydrogens is 268 g/mol. The molecule has 2 heterocycles. The van der Waals surface area contributed by atoms with E-state index in [2.05, 4.69) is 39.6 Å². The molecule has 3 N–H and O–H groups in total. The maximum absolute atomic E-state index is 10.6. The number of nitrogens with zero attached hydrogens (tertiary/aromatic N) is 1. The molecule has 124 valence electrons. The van der Waals surface area contributed by atoms with E-state index in [9.17, 15) is 5.11 Å². The Morgan fingerprint density at radius 2 is 1.71 bits per heavy atom. The van der Waals surface area contributed by atoms with Crippen LogP contribution in [0.15, 0.2) is 0 Å². The summed E-state index contributed by atoms with van der Waals surface area (Å²) in [5.41, 5.74) is 5.24. The SMILES string of the molecule is CN(CC1C(N)C(C)(C)OC1(C)C)CC1(O)CCOCC1. The molecule has 5 nitrogen and oxygen atoms in total. The number of nitrogens with two attached hydrogens (primary N) is 1. The number of ether oxygens (including phenoxy) is 2. The molecule has 0 saturated carbocycles. The molecule has 2 atom stereocenters. The number of hydrogen-bond acceptors (Lipinski definition) is 5. The molecular formula is C16H32N2O3. The lowest BCUT2D eigenvalue weighted by atomic mass is 9.82. The van der Waals surface area contributed by atoms with Crippen molar-refractivity contribution in [3.05, 3.63) is 0 Å². The monoisotopic (exact) mass is 300 g/mol. The second kappa shape index (κ2) is 5.78. The van der Waals surface area contributed by atoms with Crippen LogP contribution in [-0.4, -0.2) is 66.2 Å². The van der Waals surface area contributed by atoms with Gasteiger partial charge in [0.1, 0.15) is 0 Å². The normalized spacial score (nSPS) is 34.3. The van der Waals surface area contributed by atoms with Gasteiger partial charge in [0.2, 0.25) is 0 Å². The van der Waals surface area contributed by atoms with E-state index < -0.39 is 5.60 Å². The van der Waals surface area contributed by atoms with Gasteiger partial charge >= 0.3 is 0 Å². The van der Waals surface area contributed by atoms with Crippen molar-refractivity contribution in [3.63, 3.8) is 0 Å². The minimum absolute atomic E-state index is 0.000665. The summed E-state index contributed by atoms with van der Waals surface area (Å²) in [6.07, 6.45) is 1.42. The average Bonchev–Trinajstić information content (AvgIpc) is 2.48. The standard InChI is InChI=1S/C16H32N2O3/c1-14(2)12(13(17)15(3,4)21-14)10-18(5)11-16(19)6-8-20-9-7-16/h12-13,19H,6-11,17H2,1-5H3. The highest BCUT2D eigenvalue weighted by Gasteiger charge is 2.52. The lowest BCUT2D eigenvalue weighted by Crippen LogP contribution is -2.51. The van der Waals surface area contributed by atoms with Gasteiger partial charge in [0.15, 0.2) is 0 Å². The van der Waals surface area contributed by atoms with Crippen LogP contribution >= 0.6 is 0 Å².